The van der Waals surface area contributed by atoms with E-state index in [0.29, 0.717) is 6.07 Å². The maximum Gasteiger partial charge on any atom is 0.330 e. The predicted octanol–water partition coefficient (Wildman–Crippen LogP) is 1.25. The first-order valence-corrected chi connectivity index (χ1v) is 6.02. The number of hydrogen-bond acceptors (Lipinski definition) is 6. The van der Waals surface area contributed by atoms with Gasteiger partial charge in [0.25, 0.3) is 5.69 Å². The molecule has 21 heavy (non-hydrogen) atoms. The van der Waals surface area contributed by atoms with Crippen molar-refractivity contribution in [1.29, 1.82) is 0 Å². The van der Waals surface area contributed by atoms with Gasteiger partial charge >= 0.3 is 5.97 Å². The molecule has 0 radical (unpaired) electrons. The number of anilines is 1. The van der Waals surface area contributed by atoms with Gasteiger partial charge in [0.15, 0.2) is 23.4 Å². The van der Waals surface area contributed by atoms with Crippen LogP contribution in [0.25, 0.3) is 0 Å². The Balaban J connectivity index is 2.54. The van der Waals surface area contributed by atoms with E-state index in [2.05, 4.69) is 4.74 Å². The van der Waals surface area contributed by atoms with Gasteiger partial charge in [0.1, 0.15) is 0 Å². The number of hydrogen-bond donors (Lipinski definition) is 0. The lowest BCUT2D eigenvalue weighted by Gasteiger charge is -2.35. The molecule has 2 rings (SSSR count). The number of carbonyl (C=O) groups excluding carboxylic acids is 1. The first-order chi connectivity index (χ1) is 9.97. The van der Waals surface area contributed by atoms with Gasteiger partial charge in [-0.05, 0) is 6.07 Å². The van der Waals surface area contributed by atoms with Crippen molar-refractivity contribution in [2.45, 2.75) is 6.04 Å². The second-order valence-electron chi connectivity index (χ2n) is 4.29. The molecule has 0 amide bonds. The smallest absolute Gasteiger partial charge is 0.330 e. The summed E-state index contributed by atoms with van der Waals surface area (Å²) in [6.45, 7) is 0.00135. The van der Waals surface area contributed by atoms with Gasteiger partial charge in [0.05, 0.1) is 25.2 Å². The number of morpholine rings is 1. The fourth-order valence-electron chi connectivity index (χ4n) is 2.15. The van der Waals surface area contributed by atoms with E-state index >= 15 is 0 Å². The number of nitrogens with zero attached hydrogens (tertiary/aromatic N) is 2. The van der Waals surface area contributed by atoms with Gasteiger partial charge in [0.2, 0.25) is 0 Å². The van der Waals surface area contributed by atoms with Gasteiger partial charge in [-0.25, -0.2) is 13.6 Å². The summed E-state index contributed by atoms with van der Waals surface area (Å²) in [5, 5.41) is 11.0. The van der Waals surface area contributed by atoms with E-state index in [-0.39, 0.29) is 19.8 Å². The molecule has 0 spiro atoms. The third kappa shape index (κ3) is 2.77. The highest BCUT2D eigenvalue weighted by atomic mass is 19.2. The number of ether oxygens (including phenoxy) is 2. The van der Waals surface area contributed by atoms with Gasteiger partial charge in [-0.15, -0.1) is 0 Å². The lowest BCUT2D eigenvalue weighted by atomic mass is 10.1. The van der Waals surface area contributed by atoms with E-state index in [0.717, 1.165) is 18.1 Å². The van der Waals surface area contributed by atoms with E-state index in [4.69, 9.17) is 4.74 Å². The van der Waals surface area contributed by atoms with Crippen LogP contribution in [0.1, 0.15) is 0 Å². The zero-order valence-electron chi connectivity index (χ0n) is 11.0. The second-order valence-corrected chi connectivity index (χ2v) is 4.29. The Bertz CT molecular complexity index is 581. The maximum atomic E-state index is 14.0. The molecule has 9 heteroatoms. The number of nitro benzene ring substituents is 1. The molecule has 1 aromatic carbocycles. The number of nitro groups is 1. The van der Waals surface area contributed by atoms with Crippen molar-refractivity contribution in [3.63, 3.8) is 0 Å². The van der Waals surface area contributed by atoms with Crippen LogP contribution in [0.3, 0.4) is 0 Å². The topological polar surface area (TPSA) is 81.9 Å². The van der Waals surface area contributed by atoms with Crippen LogP contribution in [0.2, 0.25) is 0 Å². The minimum Gasteiger partial charge on any atom is -0.467 e. The minimum atomic E-state index is -1.37. The average molecular weight is 302 g/mol. The molecule has 1 fully saturated rings. The van der Waals surface area contributed by atoms with E-state index in [1.54, 1.807) is 0 Å². The monoisotopic (exact) mass is 302 g/mol. The molecule has 1 aliphatic rings. The van der Waals surface area contributed by atoms with Crippen molar-refractivity contribution in [2.24, 2.45) is 0 Å². The molecule has 1 aliphatic heterocycles. The second kappa shape index (κ2) is 6.00. The van der Waals surface area contributed by atoms with Crippen LogP contribution in [0.15, 0.2) is 12.1 Å². The summed E-state index contributed by atoms with van der Waals surface area (Å²) in [5.41, 5.74) is -1.19. The molecule has 0 bridgehead atoms. The normalized spacial score (nSPS) is 18.4. The van der Waals surface area contributed by atoms with Crippen molar-refractivity contribution in [2.75, 3.05) is 31.8 Å². The standard InChI is InChI=1S/C12H12F2N2O5/c1-20-12(17)9-6-21-5-4-15(9)11-8(16(18)19)3-2-7(13)10(11)14/h2-3,9H,4-6H2,1H3. The summed E-state index contributed by atoms with van der Waals surface area (Å²) < 4.78 is 37.1. The van der Waals surface area contributed by atoms with Gasteiger partial charge in [0, 0.05) is 12.6 Å². The quantitative estimate of drug-likeness (QED) is 0.475. The Labute approximate surface area is 118 Å². The van der Waals surface area contributed by atoms with Gasteiger partial charge < -0.3 is 14.4 Å². The number of halogens is 2. The summed E-state index contributed by atoms with van der Waals surface area (Å²) in [6, 6.07) is 0.459. The van der Waals surface area contributed by atoms with Crippen LogP contribution in [-0.2, 0) is 14.3 Å². The van der Waals surface area contributed by atoms with Crippen LogP contribution in [0.5, 0.6) is 0 Å². The average Bonchev–Trinajstić information content (AvgIpc) is 2.48. The van der Waals surface area contributed by atoms with Crippen LogP contribution < -0.4 is 4.90 Å². The van der Waals surface area contributed by atoms with E-state index in [1.807, 2.05) is 0 Å². The highest BCUT2D eigenvalue weighted by Crippen LogP contribution is 2.34. The van der Waals surface area contributed by atoms with Crippen LogP contribution in [0, 0.1) is 21.7 Å². The minimum absolute atomic E-state index is 0.000972. The van der Waals surface area contributed by atoms with Crippen LogP contribution in [-0.4, -0.2) is 43.8 Å². The molecule has 1 saturated heterocycles. The summed E-state index contributed by atoms with van der Waals surface area (Å²) in [6.07, 6.45) is 0. The molecule has 0 saturated carbocycles. The molecule has 0 N–H and O–H groups in total. The summed E-state index contributed by atoms with van der Waals surface area (Å²) in [4.78, 5) is 23.0. The largest absolute Gasteiger partial charge is 0.467 e. The Morgan fingerprint density at radius 1 is 1.52 bits per heavy atom. The fourth-order valence-corrected chi connectivity index (χ4v) is 2.15. The number of esters is 1. The molecule has 114 valence electrons. The Kier molecular flexibility index (Phi) is 4.32. The number of carbonyl (C=O) groups is 1. The van der Waals surface area contributed by atoms with E-state index in [1.165, 1.54) is 0 Å². The maximum absolute atomic E-state index is 14.0. The lowest BCUT2D eigenvalue weighted by Crippen LogP contribution is -2.51. The van der Waals surface area contributed by atoms with Gasteiger partial charge in [-0.1, -0.05) is 0 Å². The summed E-state index contributed by atoms with van der Waals surface area (Å²) in [5.74, 6) is -3.35. The Morgan fingerprint density at radius 2 is 2.24 bits per heavy atom. The molecule has 0 aliphatic carbocycles. The first kappa shape index (κ1) is 15.1. The number of rotatable bonds is 3. The summed E-state index contributed by atoms with van der Waals surface area (Å²) in [7, 11) is 1.13. The lowest BCUT2D eigenvalue weighted by molar-refractivity contribution is -0.384. The predicted molar refractivity (Wildman–Crippen MR) is 67.0 cm³/mol. The van der Waals surface area contributed by atoms with Crippen molar-refractivity contribution in [1.82, 2.24) is 0 Å². The van der Waals surface area contributed by atoms with E-state index < -0.39 is 39.9 Å². The molecule has 1 aromatic rings. The van der Waals surface area contributed by atoms with Gasteiger partial charge in [-0.2, -0.15) is 0 Å². The molecule has 1 atom stereocenters. The van der Waals surface area contributed by atoms with E-state index in [9.17, 15) is 23.7 Å². The molecular formula is C12H12F2N2O5. The van der Waals surface area contributed by atoms with Crippen molar-refractivity contribution in [3.05, 3.63) is 33.9 Å². The molecule has 7 nitrogen and oxygen atoms in total. The third-order valence-corrected chi connectivity index (χ3v) is 3.13. The third-order valence-electron chi connectivity index (χ3n) is 3.13. The van der Waals surface area contributed by atoms with Crippen molar-refractivity contribution >= 4 is 17.3 Å². The fraction of sp³-hybridized carbons (Fsp3) is 0.417. The van der Waals surface area contributed by atoms with Crippen molar-refractivity contribution in [3.8, 4) is 0 Å². The van der Waals surface area contributed by atoms with Crippen LogP contribution >= 0.6 is 0 Å². The molecular weight excluding hydrogens is 290 g/mol. The van der Waals surface area contributed by atoms with Crippen LogP contribution in [0.4, 0.5) is 20.2 Å². The zero-order chi connectivity index (χ0) is 15.6. The number of methoxy groups -OCH3 is 1. The van der Waals surface area contributed by atoms with Gasteiger partial charge in [-0.3, -0.25) is 10.1 Å². The number of benzene rings is 1. The molecule has 1 heterocycles. The zero-order valence-corrected chi connectivity index (χ0v) is 11.0. The summed E-state index contributed by atoms with van der Waals surface area (Å²) >= 11 is 0. The Hall–Kier alpha value is -2.29. The molecule has 1 unspecified atom stereocenters. The van der Waals surface area contributed by atoms with Crippen molar-refractivity contribution < 1.29 is 28.0 Å². The first-order valence-electron chi connectivity index (χ1n) is 6.02. The molecule has 0 aromatic heterocycles. The SMILES string of the molecule is COC(=O)C1COCCN1c1c([N+](=O)[O-])ccc(F)c1F. The Morgan fingerprint density at radius 3 is 2.86 bits per heavy atom. The highest BCUT2D eigenvalue weighted by Gasteiger charge is 2.37. The highest BCUT2D eigenvalue weighted by molar-refractivity contribution is 5.82.